The van der Waals surface area contributed by atoms with Crippen molar-refractivity contribution in [3.05, 3.63) is 247 Å². The molecule has 9 aromatic carbocycles. The molecule has 0 aromatic heterocycles. The average molecular weight is 712 g/mol. The SMILES string of the molecule is c1ccc(-c2ccc(N(c3ccc(-c4ccccc4)cc3)c3cccc4c3-c3ccccc3C43c4ccccc4-c4cccc(-c5ccccc5)c43)cc2)cc1. The van der Waals surface area contributed by atoms with Gasteiger partial charge in [0.2, 0.25) is 0 Å². The summed E-state index contributed by atoms with van der Waals surface area (Å²) in [6.45, 7) is 0. The van der Waals surface area contributed by atoms with Crippen molar-refractivity contribution < 1.29 is 0 Å². The van der Waals surface area contributed by atoms with Crippen LogP contribution in [-0.2, 0) is 5.41 Å². The summed E-state index contributed by atoms with van der Waals surface area (Å²) in [5, 5.41) is 0. The first-order valence-corrected chi connectivity index (χ1v) is 19.4. The van der Waals surface area contributed by atoms with E-state index >= 15 is 0 Å². The molecule has 0 N–H and O–H groups in total. The predicted octanol–water partition coefficient (Wildman–Crippen LogP) is 14.5. The van der Waals surface area contributed by atoms with Gasteiger partial charge in [0.25, 0.3) is 0 Å². The molecule has 0 heterocycles. The van der Waals surface area contributed by atoms with Gasteiger partial charge in [-0.2, -0.15) is 0 Å². The third-order valence-electron chi connectivity index (χ3n) is 11.9. The van der Waals surface area contributed by atoms with E-state index in [1.54, 1.807) is 0 Å². The van der Waals surface area contributed by atoms with Gasteiger partial charge in [0, 0.05) is 16.9 Å². The van der Waals surface area contributed by atoms with Crippen LogP contribution in [0.3, 0.4) is 0 Å². The largest absolute Gasteiger partial charge is 0.310 e. The maximum Gasteiger partial charge on any atom is 0.0732 e. The van der Waals surface area contributed by atoms with Gasteiger partial charge >= 0.3 is 0 Å². The van der Waals surface area contributed by atoms with Crippen LogP contribution in [0, 0.1) is 0 Å². The zero-order valence-corrected chi connectivity index (χ0v) is 30.8. The fourth-order valence-corrected chi connectivity index (χ4v) is 9.57. The van der Waals surface area contributed by atoms with Crippen LogP contribution < -0.4 is 4.90 Å². The predicted molar refractivity (Wildman–Crippen MR) is 234 cm³/mol. The quantitative estimate of drug-likeness (QED) is 0.166. The molecule has 0 fully saturated rings. The van der Waals surface area contributed by atoms with Gasteiger partial charge in [0.05, 0.1) is 11.1 Å². The van der Waals surface area contributed by atoms with Gasteiger partial charge in [-0.05, 0) is 103 Å². The smallest absolute Gasteiger partial charge is 0.0732 e. The van der Waals surface area contributed by atoms with E-state index < -0.39 is 5.41 Å². The second kappa shape index (κ2) is 13.0. The van der Waals surface area contributed by atoms with Gasteiger partial charge in [-0.15, -0.1) is 0 Å². The number of hydrogen-bond donors (Lipinski definition) is 0. The summed E-state index contributed by atoms with van der Waals surface area (Å²) in [4.78, 5) is 2.46. The van der Waals surface area contributed by atoms with E-state index in [0.29, 0.717) is 0 Å². The molecule has 1 heteroatoms. The highest BCUT2D eigenvalue weighted by Gasteiger charge is 2.53. The minimum atomic E-state index is -0.500. The van der Waals surface area contributed by atoms with E-state index in [2.05, 4.69) is 229 Å². The number of rotatable bonds is 6. The number of anilines is 3. The third-order valence-corrected chi connectivity index (χ3v) is 11.9. The number of hydrogen-bond acceptors (Lipinski definition) is 1. The molecule has 0 saturated carbocycles. The van der Waals surface area contributed by atoms with E-state index in [0.717, 1.165) is 17.1 Å². The number of nitrogens with zero attached hydrogens (tertiary/aromatic N) is 1. The van der Waals surface area contributed by atoms with E-state index in [4.69, 9.17) is 0 Å². The van der Waals surface area contributed by atoms with Crippen molar-refractivity contribution in [3.63, 3.8) is 0 Å². The molecule has 0 radical (unpaired) electrons. The Morgan fingerprint density at radius 1 is 0.268 bits per heavy atom. The summed E-state index contributed by atoms with van der Waals surface area (Å²) in [5.41, 5.74) is 20.7. The van der Waals surface area contributed by atoms with E-state index in [9.17, 15) is 0 Å². The molecule has 262 valence electrons. The Bertz CT molecular complexity index is 2790. The molecule has 11 rings (SSSR count). The summed E-state index contributed by atoms with van der Waals surface area (Å²) in [7, 11) is 0. The fourth-order valence-electron chi connectivity index (χ4n) is 9.57. The lowest BCUT2D eigenvalue weighted by Gasteiger charge is -2.33. The number of fused-ring (bicyclic) bond motifs is 10. The van der Waals surface area contributed by atoms with Gasteiger partial charge in [-0.1, -0.05) is 194 Å². The molecule has 0 amide bonds. The van der Waals surface area contributed by atoms with Crippen LogP contribution >= 0.6 is 0 Å². The lowest BCUT2D eigenvalue weighted by Crippen LogP contribution is -2.26. The molecule has 1 nitrogen and oxygen atoms in total. The van der Waals surface area contributed by atoms with Crippen LogP contribution in [0.15, 0.2) is 224 Å². The van der Waals surface area contributed by atoms with Crippen LogP contribution in [0.4, 0.5) is 17.1 Å². The van der Waals surface area contributed by atoms with Gasteiger partial charge < -0.3 is 4.90 Å². The molecule has 0 aliphatic heterocycles. The molecule has 56 heavy (non-hydrogen) atoms. The second-order valence-corrected chi connectivity index (χ2v) is 14.8. The maximum atomic E-state index is 2.46. The highest BCUT2D eigenvalue weighted by atomic mass is 15.1. The molecule has 2 aliphatic rings. The van der Waals surface area contributed by atoms with Crippen molar-refractivity contribution in [1.82, 2.24) is 0 Å². The molecule has 1 atom stereocenters. The third kappa shape index (κ3) is 4.81. The highest BCUT2D eigenvalue weighted by Crippen LogP contribution is 2.66. The van der Waals surface area contributed by atoms with Gasteiger partial charge in [0.15, 0.2) is 0 Å². The topological polar surface area (TPSA) is 3.24 Å². The van der Waals surface area contributed by atoms with Gasteiger partial charge in [-0.3, -0.25) is 0 Å². The first-order valence-electron chi connectivity index (χ1n) is 19.4. The summed E-state index contributed by atoms with van der Waals surface area (Å²) >= 11 is 0. The van der Waals surface area contributed by atoms with Gasteiger partial charge in [-0.25, -0.2) is 0 Å². The Labute approximate surface area is 328 Å². The standard InChI is InChI=1S/C55H37N/c1-4-16-38(17-5-1)40-30-34-43(35-31-40)56(44-36-32-41(33-37-44)39-18-6-2-7-19-39)52-29-15-28-51-53(52)48-23-11-13-27-50(48)55(51)49-26-12-10-22-46(49)47-25-14-24-45(54(47)55)42-20-8-3-9-21-42/h1-37H. The van der Waals surface area contributed by atoms with Crippen molar-refractivity contribution >= 4 is 17.1 Å². The Hall–Kier alpha value is -7.22. The maximum absolute atomic E-state index is 2.46. The monoisotopic (exact) mass is 711 g/mol. The van der Waals surface area contributed by atoms with Crippen molar-refractivity contribution in [2.24, 2.45) is 0 Å². The first kappa shape index (κ1) is 32.2. The Kier molecular flexibility index (Phi) is 7.47. The Morgan fingerprint density at radius 2 is 0.679 bits per heavy atom. The lowest BCUT2D eigenvalue weighted by molar-refractivity contribution is 0.795. The summed E-state index contributed by atoms with van der Waals surface area (Å²) in [6, 6.07) is 82.4. The first-order chi connectivity index (χ1) is 27.8. The highest BCUT2D eigenvalue weighted by molar-refractivity contribution is 6.03. The molecule has 1 unspecified atom stereocenters. The Balaban J connectivity index is 1.18. The van der Waals surface area contributed by atoms with Crippen LogP contribution in [0.1, 0.15) is 22.3 Å². The molecule has 0 saturated heterocycles. The zero-order chi connectivity index (χ0) is 37.1. The van der Waals surface area contributed by atoms with Gasteiger partial charge in [0.1, 0.15) is 0 Å². The van der Waals surface area contributed by atoms with E-state index in [-0.39, 0.29) is 0 Å². The average Bonchev–Trinajstić information content (AvgIpc) is 3.76. The van der Waals surface area contributed by atoms with Crippen LogP contribution in [0.2, 0.25) is 0 Å². The molecule has 2 aliphatic carbocycles. The summed E-state index contributed by atoms with van der Waals surface area (Å²) in [6.07, 6.45) is 0. The van der Waals surface area contributed by atoms with Crippen molar-refractivity contribution in [2.75, 3.05) is 4.90 Å². The van der Waals surface area contributed by atoms with E-state index in [1.165, 1.54) is 77.9 Å². The van der Waals surface area contributed by atoms with Crippen molar-refractivity contribution in [3.8, 4) is 55.6 Å². The minimum Gasteiger partial charge on any atom is -0.310 e. The molecular weight excluding hydrogens is 675 g/mol. The number of benzene rings is 9. The fraction of sp³-hybridized carbons (Fsp3) is 0.0182. The molecule has 9 aromatic rings. The summed E-state index contributed by atoms with van der Waals surface area (Å²) < 4.78 is 0. The van der Waals surface area contributed by atoms with Crippen LogP contribution in [-0.4, -0.2) is 0 Å². The zero-order valence-electron chi connectivity index (χ0n) is 30.8. The molecule has 0 bridgehead atoms. The second-order valence-electron chi connectivity index (χ2n) is 14.8. The Morgan fingerprint density at radius 3 is 1.27 bits per heavy atom. The summed E-state index contributed by atoms with van der Waals surface area (Å²) in [5.74, 6) is 0. The van der Waals surface area contributed by atoms with Crippen LogP contribution in [0.25, 0.3) is 55.6 Å². The van der Waals surface area contributed by atoms with Crippen LogP contribution in [0.5, 0.6) is 0 Å². The molecule has 1 spiro atoms. The minimum absolute atomic E-state index is 0.500. The van der Waals surface area contributed by atoms with E-state index in [1.807, 2.05) is 0 Å². The lowest BCUT2D eigenvalue weighted by atomic mass is 9.68. The van der Waals surface area contributed by atoms with Crippen molar-refractivity contribution in [2.45, 2.75) is 5.41 Å². The van der Waals surface area contributed by atoms with Crippen molar-refractivity contribution in [1.29, 1.82) is 0 Å². The normalized spacial score (nSPS) is 14.5. The molecular formula is C55H37N.